The summed E-state index contributed by atoms with van der Waals surface area (Å²) in [6.45, 7) is 4.60. The van der Waals surface area contributed by atoms with Crippen molar-refractivity contribution >= 4 is 17.6 Å². The molecule has 27 heavy (non-hydrogen) atoms. The predicted octanol–water partition coefficient (Wildman–Crippen LogP) is 2.05. The number of carbonyl (C=O) groups is 2. The number of benzene rings is 1. The van der Waals surface area contributed by atoms with E-state index in [9.17, 15) is 22.8 Å². The lowest BCUT2D eigenvalue weighted by atomic mass is 10.2. The van der Waals surface area contributed by atoms with Gasteiger partial charge in [-0.2, -0.15) is 13.2 Å². The number of piperazine rings is 1. The lowest BCUT2D eigenvalue weighted by Crippen LogP contribution is -2.48. The first-order chi connectivity index (χ1) is 12.8. The van der Waals surface area contributed by atoms with E-state index in [1.54, 1.807) is 6.92 Å². The van der Waals surface area contributed by atoms with E-state index in [1.165, 1.54) is 6.07 Å². The van der Waals surface area contributed by atoms with Crippen molar-refractivity contribution < 1.29 is 27.5 Å². The second-order valence-electron chi connectivity index (χ2n) is 6.00. The Hall–Kier alpha value is -2.49. The fraction of sp³-hybridized carbons (Fsp3) is 0.529. The molecule has 0 atom stereocenters. The van der Waals surface area contributed by atoms with Gasteiger partial charge < -0.3 is 20.7 Å². The first-order valence-electron chi connectivity index (χ1n) is 8.67. The average molecular weight is 388 g/mol. The van der Waals surface area contributed by atoms with E-state index in [-0.39, 0.29) is 24.0 Å². The van der Waals surface area contributed by atoms with Crippen LogP contribution in [0.25, 0.3) is 0 Å². The molecule has 10 heteroatoms. The molecule has 3 N–H and O–H groups in total. The second kappa shape index (κ2) is 9.45. The van der Waals surface area contributed by atoms with Crippen LogP contribution >= 0.6 is 0 Å². The summed E-state index contributed by atoms with van der Waals surface area (Å²) in [4.78, 5) is 25.2. The van der Waals surface area contributed by atoms with Gasteiger partial charge in [-0.15, -0.1) is 0 Å². The summed E-state index contributed by atoms with van der Waals surface area (Å²) < 4.78 is 43.9. The van der Waals surface area contributed by atoms with E-state index in [2.05, 4.69) is 16.0 Å². The van der Waals surface area contributed by atoms with Crippen LogP contribution in [0.4, 0.5) is 23.7 Å². The zero-order valence-electron chi connectivity index (χ0n) is 15.0. The molecule has 1 fully saturated rings. The highest BCUT2D eigenvalue weighted by Gasteiger charge is 2.31. The fourth-order valence-electron chi connectivity index (χ4n) is 2.64. The van der Waals surface area contributed by atoms with Crippen molar-refractivity contribution in [1.82, 2.24) is 15.5 Å². The van der Waals surface area contributed by atoms with Gasteiger partial charge in [0.2, 0.25) is 5.91 Å². The molecule has 7 nitrogen and oxygen atoms in total. The van der Waals surface area contributed by atoms with Crippen LogP contribution in [0.5, 0.6) is 5.75 Å². The molecular formula is C17H23F3N4O3. The molecule has 2 rings (SSSR count). The first-order valence-corrected chi connectivity index (χ1v) is 8.67. The van der Waals surface area contributed by atoms with Crippen LogP contribution in [-0.2, 0) is 11.0 Å². The molecule has 1 aromatic rings. The van der Waals surface area contributed by atoms with Gasteiger partial charge in [0.1, 0.15) is 5.75 Å². The Kier molecular flexibility index (Phi) is 7.28. The Balaban J connectivity index is 1.85. The Bertz CT molecular complexity index is 667. The molecule has 0 aliphatic carbocycles. The van der Waals surface area contributed by atoms with E-state index < -0.39 is 17.8 Å². The highest BCUT2D eigenvalue weighted by Crippen LogP contribution is 2.35. The lowest BCUT2D eigenvalue weighted by molar-refractivity contribution is -0.137. The molecule has 1 aromatic carbocycles. The van der Waals surface area contributed by atoms with Crippen LogP contribution in [0.15, 0.2) is 18.2 Å². The van der Waals surface area contributed by atoms with Crippen LogP contribution < -0.4 is 20.7 Å². The minimum atomic E-state index is -4.52. The van der Waals surface area contributed by atoms with Gasteiger partial charge in [-0.05, 0) is 31.5 Å². The Labute approximate surface area is 155 Å². The van der Waals surface area contributed by atoms with Gasteiger partial charge in [-0.1, -0.05) is 0 Å². The zero-order chi connectivity index (χ0) is 19.9. The summed E-state index contributed by atoms with van der Waals surface area (Å²) in [5, 5.41) is 7.72. The van der Waals surface area contributed by atoms with Crippen LogP contribution in [-0.4, -0.2) is 56.2 Å². The largest absolute Gasteiger partial charge is 0.492 e. The summed E-state index contributed by atoms with van der Waals surface area (Å²) in [5.74, 6) is 0.139. The number of nitrogens with one attached hydrogen (secondary N) is 3. The van der Waals surface area contributed by atoms with Crippen molar-refractivity contribution in [2.75, 3.05) is 44.6 Å². The van der Waals surface area contributed by atoms with E-state index in [4.69, 9.17) is 4.74 Å². The zero-order valence-corrected chi connectivity index (χ0v) is 15.0. The Morgan fingerprint density at radius 2 is 2.15 bits per heavy atom. The van der Waals surface area contributed by atoms with Crippen LogP contribution in [0.3, 0.4) is 0 Å². The minimum Gasteiger partial charge on any atom is -0.492 e. The number of amides is 3. The van der Waals surface area contributed by atoms with E-state index >= 15 is 0 Å². The van der Waals surface area contributed by atoms with Crippen LogP contribution in [0.2, 0.25) is 0 Å². The second-order valence-corrected chi connectivity index (χ2v) is 6.00. The normalized spacial score (nSPS) is 15.2. The fourth-order valence-corrected chi connectivity index (χ4v) is 2.64. The molecular weight excluding hydrogens is 365 g/mol. The molecule has 1 heterocycles. The minimum absolute atomic E-state index is 0.0278. The number of hydrogen-bond donors (Lipinski definition) is 3. The summed E-state index contributed by atoms with van der Waals surface area (Å²) in [6.07, 6.45) is -3.90. The van der Waals surface area contributed by atoms with Gasteiger partial charge in [0.15, 0.2) is 0 Å². The standard InChI is InChI=1S/C17H23F3N4O3/c1-2-27-14-5-4-12(17(18,19)20)10-13(14)23-16(26)22-6-3-8-24-9-7-21-15(25)11-24/h4-5,10H,2-3,6-9,11H2,1H3,(H,21,25)(H2,22,23,26). The van der Waals surface area contributed by atoms with Crippen molar-refractivity contribution in [1.29, 1.82) is 0 Å². The summed E-state index contributed by atoms with van der Waals surface area (Å²) in [7, 11) is 0. The number of hydrogen-bond acceptors (Lipinski definition) is 4. The number of urea groups is 1. The molecule has 0 unspecified atom stereocenters. The highest BCUT2D eigenvalue weighted by atomic mass is 19.4. The molecule has 0 saturated carbocycles. The number of nitrogens with zero attached hydrogens (tertiary/aromatic N) is 1. The van der Waals surface area contributed by atoms with E-state index in [0.717, 1.165) is 18.7 Å². The molecule has 1 aliphatic rings. The summed E-state index contributed by atoms with van der Waals surface area (Å²) >= 11 is 0. The number of alkyl halides is 3. The van der Waals surface area contributed by atoms with Crippen molar-refractivity contribution in [2.24, 2.45) is 0 Å². The van der Waals surface area contributed by atoms with Gasteiger partial charge in [0.05, 0.1) is 24.4 Å². The smallest absolute Gasteiger partial charge is 0.416 e. The number of anilines is 1. The molecule has 1 aliphatic heterocycles. The molecule has 3 amide bonds. The molecule has 0 aromatic heterocycles. The number of carbonyl (C=O) groups excluding carboxylic acids is 2. The van der Waals surface area contributed by atoms with Crippen molar-refractivity contribution in [3.8, 4) is 5.75 Å². The average Bonchev–Trinajstić information content (AvgIpc) is 2.59. The van der Waals surface area contributed by atoms with E-state index in [1.807, 2.05) is 4.90 Å². The third-order valence-corrected chi connectivity index (χ3v) is 3.91. The summed E-state index contributed by atoms with van der Waals surface area (Å²) in [5.41, 5.74) is -0.915. The SMILES string of the molecule is CCOc1ccc(C(F)(F)F)cc1NC(=O)NCCCN1CCNC(=O)C1. The van der Waals surface area contributed by atoms with Gasteiger partial charge in [-0.3, -0.25) is 9.69 Å². The molecule has 150 valence electrons. The number of rotatable bonds is 7. The van der Waals surface area contributed by atoms with Crippen molar-refractivity contribution in [3.05, 3.63) is 23.8 Å². The molecule has 0 bridgehead atoms. The van der Waals surface area contributed by atoms with Gasteiger partial charge >= 0.3 is 12.2 Å². The van der Waals surface area contributed by atoms with E-state index in [0.29, 0.717) is 32.6 Å². The van der Waals surface area contributed by atoms with Crippen molar-refractivity contribution in [3.63, 3.8) is 0 Å². The summed E-state index contributed by atoms with van der Waals surface area (Å²) in [6, 6.07) is 2.31. The third kappa shape index (κ3) is 6.63. The van der Waals surface area contributed by atoms with Crippen LogP contribution in [0.1, 0.15) is 18.9 Å². The Morgan fingerprint density at radius 1 is 1.37 bits per heavy atom. The predicted molar refractivity (Wildman–Crippen MR) is 93.7 cm³/mol. The van der Waals surface area contributed by atoms with Crippen LogP contribution in [0, 0.1) is 0 Å². The topological polar surface area (TPSA) is 82.7 Å². The number of halogens is 3. The molecule has 0 spiro atoms. The monoisotopic (exact) mass is 388 g/mol. The number of ether oxygens (including phenoxy) is 1. The third-order valence-electron chi connectivity index (χ3n) is 3.91. The maximum absolute atomic E-state index is 12.9. The first kappa shape index (κ1) is 20.8. The molecule has 0 radical (unpaired) electrons. The van der Waals surface area contributed by atoms with Gasteiger partial charge in [-0.25, -0.2) is 4.79 Å². The maximum Gasteiger partial charge on any atom is 0.416 e. The van der Waals surface area contributed by atoms with Gasteiger partial charge in [0, 0.05) is 26.2 Å². The van der Waals surface area contributed by atoms with Gasteiger partial charge in [0.25, 0.3) is 0 Å². The lowest BCUT2D eigenvalue weighted by Gasteiger charge is -2.26. The molecule has 1 saturated heterocycles. The maximum atomic E-state index is 12.9. The Morgan fingerprint density at radius 3 is 2.81 bits per heavy atom. The highest BCUT2D eigenvalue weighted by molar-refractivity contribution is 5.91. The van der Waals surface area contributed by atoms with Crippen molar-refractivity contribution in [2.45, 2.75) is 19.5 Å². The quantitative estimate of drug-likeness (QED) is 0.625.